The van der Waals surface area contributed by atoms with E-state index in [1.807, 2.05) is 19.1 Å². The van der Waals surface area contributed by atoms with Crippen molar-refractivity contribution in [2.75, 3.05) is 26.2 Å². The van der Waals surface area contributed by atoms with Crippen molar-refractivity contribution in [2.24, 2.45) is 4.99 Å². The van der Waals surface area contributed by atoms with Crippen molar-refractivity contribution in [1.82, 2.24) is 16.0 Å². The summed E-state index contributed by atoms with van der Waals surface area (Å²) in [7, 11) is 0. The van der Waals surface area contributed by atoms with Crippen LogP contribution < -0.4 is 16.0 Å². The van der Waals surface area contributed by atoms with Crippen LogP contribution in [-0.2, 0) is 6.42 Å². The molecule has 1 aromatic carbocycles. The first-order valence-corrected chi connectivity index (χ1v) is 9.94. The van der Waals surface area contributed by atoms with Gasteiger partial charge in [0, 0.05) is 47.5 Å². The van der Waals surface area contributed by atoms with Crippen molar-refractivity contribution in [1.29, 1.82) is 0 Å². The Morgan fingerprint density at radius 1 is 1.12 bits per heavy atom. The number of carbonyl (C=O) groups excluding carboxylic acids is 1. The summed E-state index contributed by atoms with van der Waals surface area (Å²) in [6.07, 6.45) is 0.939. The van der Waals surface area contributed by atoms with Gasteiger partial charge in [0.05, 0.1) is 0 Å². The Morgan fingerprint density at radius 2 is 1.85 bits per heavy atom. The van der Waals surface area contributed by atoms with Crippen LogP contribution >= 0.6 is 51.2 Å². The van der Waals surface area contributed by atoms with Crippen molar-refractivity contribution < 1.29 is 4.79 Å². The van der Waals surface area contributed by atoms with Crippen molar-refractivity contribution >= 4 is 63.1 Å². The first kappa shape index (κ1) is 22.9. The number of thiophene rings is 1. The molecule has 0 atom stereocenters. The zero-order chi connectivity index (χ0) is 17.9. The third kappa shape index (κ3) is 8.50. The lowest BCUT2D eigenvalue weighted by atomic mass is 10.2. The molecule has 0 aliphatic heterocycles. The predicted molar refractivity (Wildman–Crippen MR) is 124 cm³/mol. The highest BCUT2D eigenvalue weighted by Crippen LogP contribution is 2.10. The number of benzene rings is 1. The van der Waals surface area contributed by atoms with E-state index in [0.717, 1.165) is 29.9 Å². The highest BCUT2D eigenvalue weighted by atomic mass is 127. The van der Waals surface area contributed by atoms with E-state index in [9.17, 15) is 4.79 Å². The second kappa shape index (κ2) is 13.1. The average Bonchev–Trinajstić information content (AvgIpc) is 3.12. The molecule has 0 saturated carbocycles. The molecule has 0 unspecified atom stereocenters. The number of rotatable bonds is 8. The van der Waals surface area contributed by atoms with Crippen LogP contribution in [0.15, 0.2) is 51.2 Å². The lowest BCUT2D eigenvalue weighted by Gasteiger charge is -2.12. The van der Waals surface area contributed by atoms with Gasteiger partial charge in [0.15, 0.2) is 5.96 Å². The molecule has 0 fully saturated rings. The molecule has 3 N–H and O–H groups in total. The molecular formula is C18H24BrIN4OS. The third-order valence-corrected chi connectivity index (χ3v) is 4.83. The Morgan fingerprint density at radius 3 is 2.50 bits per heavy atom. The number of halogens is 2. The van der Waals surface area contributed by atoms with Gasteiger partial charge in [0.25, 0.3) is 5.91 Å². The fourth-order valence-electron chi connectivity index (χ4n) is 2.13. The Labute approximate surface area is 184 Å². The second-order valence-corrected chi connectivity index (χ2v) is 7.23. The summed E-state index contributed by atoms with van der Waals surface area (Å²) in [6.45, 7) is 4.72. The van der Waals surface area contributed by atoms with Crippen LogP contribution in [0, 0.1) is 0 Å². The number of guanidine groups is 1. The summed E-state index contributed by atoms with van der Waals surface area (Å²) in [6, 6.07) is 11.5. The molecule has 2 rings (SSSR count). The number of nitrogens with one attached hydrogen (secondary N) is 3. The molecule has 26 heavy (non-hydrogen) atoms. The largest absolute Gasteiger partial charge is 0.357 e. The van der Waals surface area contributed by atoms with E-state index in [-0.39, 0.29) is 29.9 Å². The monoisotopic (exact) mass is 550 g/mol. The van der Waals surface area contributed by atoms with Crippen LogP contribution in [0.5, 0.6) is 0 Å². The number of hydrogen-bond acceptors (Lipinski definition) is 3. The standard InChI is InChI=1S/C18H23BrN4OS.HI/c1-2-20-18(22-10-9-16-4-3-13-25-16)23-12-11-21-17(24)14-5-7-15(19)8-6-14;/h3-8,13H,2,9-12H2,1H3,(H,21,24)(H2,20,22,23);1H. The quantitative estimate of drug-likeness (QED) is 0.203. The zero-order valence-electron chi connectivity index (χ0n) is 14.6. The average molecular weight is 551 g/mol. The number of carbonyl (C=O) groups is 1. The van der Waals surface area contributed by atoms with E-state index >= 15 is 0 Å². The van der Waals surface area contributed by atoms with Gasteiger partial charge in [-0.2, -0.15) is 0 Å². The van der Waals surface area contributed by atoms with Crippen LogP contribution in [0.2, 0.25) is 0 Å². The maximum atomic E-state index is 12.0. The van der Waals surface area contributed by atoms with Gasteiger partial charge in [-0.05, 0) is 42.6 Å². The van der Waals surface area contributed by atoms with Gasteiger partial charge in [-0.25, -0.2) is 0 Å². The fraction of sp³-hybridized carbons (Fsp3) is 0.333. The van der Waals surface area contributed by atoms with Gasteiger partial charge < -0.3 is 16.0 Å². The minimum Gasteiger partial charge on any atom is -0.357 e. The van der Waals surface area contributed by atoms with Gasteiger partial charge >= 0.3 is 0 Å². The Hall–Kier alpha value is -1.13. The molecule has 142 valence electrons. The zero-order valence-corrected chi connectivity index (χ0v) is 19.4. The summed E-state index contributed by atoms with van der Waals surface area (Å²) >= 11 is 5.11. The number of amides is 1. The van der Waals surface area contributed by atoms with Gasteiger partial charge in [-0.1, -0.05) is 22.0 Å². The minimum absolute atomic E-state index is 0. The lowest BCUT2D eigenvalue weighted by Crippen LogP contribution is -2.41. The maximum absolute atomic E-state index is 12.0. The molecule has 1 heterocycles. The predicted octanol–water partition coefficient (Wildman–Crippen LogP) is 3.66. The van der Waals surface area contributed by atoms with Crippen molar-refractivity contribution in [3.8, 4) is 0 Å². The van der Waals surface area contributed by atoms with Gasteiger partial charge in [0.2, 0.25) is 0 Å². The summed E-state index contributed by atoms with van der Waals surface area (Å²) < 4.78 is 0.958. The SMILES string of the molecule is CCNC(=NCCc1cccs1)NCCNC(=O)c1ccc(Br)cc1.I. The summed E-state index contributed by atoms with van der Waals surface area (Å²) in [5.41, 5.74) is 0.653. The molecular weight excluding hydrogens is 527 g/mol. The number of nitrogens with zero attached hydrogens (tertiary/aromatic N) is 1. The maximum Gasteiger partial charge on any atom is 0.251 e. The third-order valence-electron chi connectivity index (χ3n) is 3.36. The number of hydrogen-bond donors (Lipinski definition) is 3. The van der Waals surface area contributed by atoms with E-state index in [1.54, 1.807) is 23.5 Å². The highest BCUT2D eigenvalue weighted by molar-refractivity contribution is 14.0. The van der Waals surface area contributed by atoms with Gasteiger partial charge in [0.1, 0.15) is 0 Å². The fourth-order valence-corrected chi connectivity index (χ4v) is 3.10. The smallest absolute Gasteiger partial charge is 0.251 e. The normalized spacial score (nSPS) is 10.8. The van der Waals surface area contributed by atoms with E-state index in [0.29, 0.717) is 18.7 Å². The van der Waals surface area contributed by atoms with Gasteiger partial charge in [-0.3, -0.25) is 9.79 Å². The first-order chi connectivity index (χ1) is 12.2. The molecule has 1 aromatic heterocycles. The molecule has 8 heteroatoms. The van der Waals surface area contributed by atoms with Crippen molar-refractivity contribution in [3.63, 3.8) is 0 Å². The number of aliphatic imine (C=N–C) groups is 1. The van der Waals surface area contributed by atoms with Crippen molar-refractivity contribution in [2.45, 2.75) is 13.3 Å². The topological polar surface area (TPSA) is 65.5 Å². The highest BCUT2D eigenvalue weighted by Gasteiger charge is 2.04. The molecule has 0 aliphatic rings. The van der Waals surface area contributed by atoms with E-state index in [1.165, 1.54) is 4.88 Å². The Balaban J connectivity index is 0.00000338. The van der Waals surface area contributed by atoms with E-state index < -0.39 is 0 Å². The summed E-state index contributed by atoms with van der Waals surface area (Å²) in [4.78, 5) is 17.9. The van der Waals surface area contributed by atoms with Gasteiger partial charge in [-0.15, -0.1) is 35.3 Å². The van der Waals surface area contributed by atoms with Crippen LogP contribution in [0.1, 0.15) is 22.2 Å². The molecule has 0 spiro atoms. The minimum atomic E-state index is -0.0751. The van der Waals surface area contributed by atoms with Crippen LogP contribution in [0.3, 0.4) is 0 Å². The first-order valence-electron chi connectivity index (χ1n) is 8.27. The molecule has 1 amide bonds. The summed E-state index contributed by atoms with van der Waals surface area (Å²) in [5, 5.41) is 11.4. The second-order valence-electron chi connectivity index (χ2n) is 5.28. The molecule has 5 nitrogen and oxygen atoms in total. The van der Waals surface area contributed by atoms with E-state index in [2.05, 4.69) is 54.4 Å². The van der Waals surface area contributed by atoms with Crippen LogP contribution in [0.25, 0.3) is 0 Å². The molecule has 0 saturated heterocycles. The van der Waals surface area contributed by atoms with Crippen molar-refractivity contribution in [3.05, 3.63) is 56.7 Å². The van der Waals surface area contributed by atoms with Crippen LogP contribution in [0.4, 0.5) is 0 Å². The summed E-state index contributed by atoms with van der Waals surface area (Å²) in [5.74, 6) is 0.700. The molecule has 0 bridgehead atoms. The molecule has 2 aromatic rings. The van der Waals surface area contributed by atoms with Crippen LogP contribution in [-0.4, -0.2) is 38.0 Å². The van der Waals surface area contributed by atoms with E-state index in [4.69, 9.17) is 0 Å². The Kier molecular flexibility index (Phi) is 11.5. The molecule has 0 aliphatic carbocycles. The molecule has 0 radical (unpaired) electrons. The Bertz CT molecular complexity index is 677. The lowest BCUT2D eigenvalue weighted by molar-refractivity contribution is 0.0954.